The molecule has 2 rings (SSSR count). The van der Waals surface area contributed by atoms with Crippen LogP contribution in [0.5, 0.6) is 0 Å². The molecular formula is C17H29N3. The minimum Gasteiger partial charge on any atom is -0.354 e. The largest absolute Gasteiger partial charge is 0.354 e. The second kappa shape index (κ2) is 7.63. The highest BCUT2D eigenvalue weighted by Crippen LogP contribution is 2.31. The van der Waals surface area contributed by atoms with Gasteiger partial charge >= 0.3 is 0 Å². The van der Waals surface area contributed by atoms with Crippen molar-refractivity contribution in [2.24, 2.45) is 0 Å². The zero-order valence-corrected chi connectivity index (χ0v) is 13.3. The predicted molar refractivity (Wildman–Crippen MR) is 86.2 cm³/mol. The minimum atomic E-state index is 0.743. The van der Waals surface area contributed by atoms with E-state index in [2.05, 4.69) is 43.1 Å². The quantitative estimate of drug-likeness (QED) is 0.697. The first-order valence-electron chi connectivity index (χ1n) is 8.19. The number of aryl methyl sites for hydroxylation is 1. The van der Waals surface area contributed by atoms with E-state index in [4.69, 9.17) is 4.98 Å². The number of rotatable bonds is 9. The van der Waals surface area contributed by atoms with Crippen molar-refractivity contribution in [1.82, 2.24) is 10.3 Å². The van der Waals surface area contributed by atoms with Crippen LogP contribution in [0.25, 0.3) is 0 Å². The Morgan fingerprint density at radius 2 is 2.05 bits per heavy atom. The lowest BCUT2D eigenvalue weighted by Crippen LogP contribution is -2.28. The minimum absolute atomic E-state index is 0.743. The third-order valence-electron chi connectivity index (χ3n) is 3.79. The average molecular weight is 275 g/mol. The first kappa shape index (κ1) is 15.3. The lowest BCUT2D eigenvalue weighted by Gasteiger charge is -2.24. The summed E-state index contributed by atoms with van der Waals surface area (Å²) >= 11 is 0. The summed E-state index contributed by atoms with van der Waals surface area (Å²) in [4.78, 5) is 7.30. The van der Waals surface area contributed by atoms with Crippen LogP contribution in [0.15, 0.2) is 12.1 Å². The highest BCUT2D eigenvalue weighted by atomic mass is 15.2. The Labute approximate surface area is 123 Å². The zero-order chi connectivity index (χ0) is 14.4. The monoisotopic (exact) mass is 275 g/mol. The molecule has 1 aromatic heterocycles. The number of pyridine rings is 1. The fourth-order valence-corrected chi connectivity index (χ4v) is 2.58. The van der Waals surface area contributed by atoms with E-state index in [9.17, 15) is 0 Å². The summed E-state index contributed by atoms with van der Waals surface area (Å²) < 4.78 is 0. The second-order valence-electron chi connectivity index (χ2n) is 5.93. The van der Waals surface area contributed by atoms with Crippen molar-refractivity contribution in [3.8, 4) is 0 Å². The van der Waals surface area contributed by atoms with Gasteiger partial charge in [0.1, 0.15) is 5.82 Å². The van der Waals surface area contributed by atoms with Gasteiger partial charge in [-0.1, -0.05) is 20.3 Å². The summed E-state index contributed by atoms with van der Waals surface area (Å²) in [5, 5.41) is 3.49. The van der Waals surface area contributed by atoms with Crippen LogP contribution in [0.1, 0.15) is 57.2 Å². The van der Waals surface area contributed by atoms with Crippen LogP contribution >= 0.6 is 0 Å². The molecule has 0 radical (unpaired) electrons. The molecule has 112 valence electrons. The third kappa shape index (κ3) is 4.48. The van der Waals surface area contributed by atoms with Gasteiger partial charge in [0.05, 0.1) is 0 Å². The van der Waals surface area contributed by atoms with E-state index >= 15 is 0 Å². The number of nitrogens with one attached hydrogen (secondary N) is 1. The molecular weight excluding hydrogens is 246 g/mol. The average Bonchev–Trinajstić information content (AvgIpc) is 3.24. The lowest BCUT2D eigenvalue weighted by atomic mass is 10.2. The predicted octanol–water partition coefficient (Wildman–Crippen LogP) is 3.66. The van der Waals surface area contributed by atoms with Gasteiger partial charge in [-0.15, -0.1) is 0 Å². The normalized spacial score (nSPS) is 14.6. The van der Waals surface area contributed by atoms with Crippen molar-refractivity contribution in [3.63, 3.8) is 0 Å². The number of aromatic nitrogens is 1. The molecule has 0 spiro atoms. The van der Waals surface area contributed by atoms with Gasteiger partial charge in [0.25, 0.3) is 0 Å². The van der Waals surface area contributed by atoms with Crippen molar-refractivity contribution in [1.29, 1.82) is 0 Å². The van der Waals surface area contributed by atoms with Gasteiger partial charge in [-0.3, -0.25) is 0 Å². The SMILES string of the molecule is CCCCN(c1cc(CNCCC)cc(C)n1)C1CC1. The van der Waals surface area contributed by atoms with E-state index in [1.54, 1.807) is 0 Å². The summed E-state index contributed by atoms with van der Waals surface area (Å²) in [5.74, 6) is 1.19. The standard InChI is InChI=1S/C17H29N3/c1-4-6-10-20(16-7-8-16)17-12-15(11-14(3)19-17)13-18-9-5-2/h11-12,16,18H,4-10,13H2,1-3H3. The molecule has 20 heavy (non-hydrogen) atoms. The summed E-state index contributed by atoms with van der Waals surface area (Å²) in [7, 11) is 0. The van der Waals surface area contributed by atoms with Crippen LogP contribution in [-0.4, -0.2) is 24.1 Å². The van der Waals surface area contributed by atoms with Gasteiger partial charge in [0, 0.05) is 24.8 Å². The Bertz CT molecular complexity index is 413. The van der Waals surface area contributed by atoms with Crippen LogP contribution in [0.2, 0.25) is 0 Å². The molecule has 1 fully saturated rings. The van der Waals surface area contributed by atoms with Gasteiger partial charge in [-0.25, -0.2) is 4.98 Å². The molecule has 0 saturated heterocycles. The first-order chi connectivity index (χ1) is 9.74. The zero-order valence-electron chi connectivity index (χ0n) is 13.3. The molecule has 1 aliphatic carbocycles. The summed E-state index contributed by atoms with van der Waals surface area (Å²) in [5.41, 5.74) is 2.50. The number of anilines is 1. The number of nitrogens with zero attached hydrogens (tertiary/aromatic N) is 2. The molecule has 1 aliphatic rings. The van der Waals surface area contributed by atoms with Crippen LogP contribution < -0.4 is 10.2 Å². The van der Waals surface area contributed by atoms with Crippen LogP contribution in [0, 0.1) is 6.92 Å². The van der Waals surface area contributed by atoms with E-state index in [1.807, 2.05) is 0 Å². The maximum Gasteiger partial charge on any atom is 0.129 e. The molecule has 1 heterocycles. The smallest absolute Gasteiger partial charge is 0.129 e. The van der Waals surface area contributed by atoms with E-state index in [0.29, 0.717) is 0 Å². The Morgan fingerprint density at radius 3 is 2.70 bits per heavy atom. The molecule has 3 heteroatoms. The molecule has 1 aromatic rings. The lowest BCUT2D eigenvalue weighted by molar-refractivity contribution is 0.671. The Morgan fingerprint density at radius 1 is 1.25 bits per heavy atom. The Kier molecular flexibility index (Phi) is 5.84. The van der Waals surface area contributed by atoms with E-state index in [1.165, 1.54) is 43.5 Å². The second-order valence-corrected chi connectivity index (χ2v) is 5.93. The Balaban J connectivity index is 2.07. The van der Waals surface area contributed by atoms with Gasteiger partial charge in [-0.05, 0) is 56.8 Å². The molecule has 1 saturated carbocycles. The van der Waals surface area contributed by atoms with Crippen molar-refractivity contribution in [3.05, 3.63) is 23.4 Å². The molecule has 0 bridgehead atoms. The fraction of sp³-hybridized carbons (Fsp3) is 0.706. The topological polar surface area (TPSA) is 28.2 Å². The van der Waals surface area contributed by atoms with Crippen LogP contribution in [0.3, 0.4) is 0 Å². The van der Waals surface area contributed by atoms with Gasteiger partial charge in [0.2, 0.25) is 0 Å². The summed E-state index contributed by atoms with van der Waals surface area (Å²) in [6.07, 6.45) is 6.36. The first-order valence-corrected chi connectivity index (χ1v) is 8.19. The highest BCUT2D eigenvalue weighted by Gasteiger charge is 2.29. The molecule has 3 nitrogen and oxygen atoms in total. The van der Waals surface area contributed by atoms with Gasteiger partial charge in [-0.2, -0.15) is 0 Å². The van der Waals surface area contributed by atoms with E-state index in [0.717, 1.165) is 31.4 Å². The van der Waals surface area contributed by atoms with Crippen molar-refractivity contribution in [2.75, 3.05) is 18.0 Å². The summed E-state index contributed by atoms with van der Waals surface area (Å²) in [6.45, 7) is 9.76. The van der Waals surface area contributed by atoms with Gasteiger partial charge < -0.3 is 10.2 Å². The molecule has 0 atom stereocenters. The van der Waals surface area contributed by atoms with Crippen molar-refractivity contribution < 1.29 is 0 Å². The number of hydrogen-bond acceptors (Lipinski definition) is 3. The molecule has 0 aromatic carbocycles. The maximum absolute atomic E-state index is 4.77. The third-order valence-corrected chi connectivity index (χ3v) is 3.79. The molecule has 1 N–H and O–H groups in total. The maximum atomic E-state index is 4.77. The van der Waals surface area contributed by atoms with Crippen LogP contribution in [-0.2, 0) is 6.54 Å². The molecule has 0 amide bonds. The summed E-state index contributed by atoms with van der Waals surface area (Å²) in [6, 6.07) is 5.23. The molecule has 0 aliphatic heterocycles. The Hall–Kier alpha value is -1.09. The van der Waals surface area contributed by atoms with Crippen LogP contribution in [0.4, 0.5) is 5.82 Å². The highest BCUT2D eigenvalue weighted by molar-refractivity contribution is 5.45. The van der Waals surface area contributed by atoms with Gasteiger partial charge in [0.15, 0.2) is 0 Å². The van der Waals surface area contributed by atoms with E-state index in [-0.39, 0.29) is 0 Å². The van der Waals surface area contributed by atoms with Crippen molar-refractivity contribution >= 4 is 5.82 Å². The number of hydrogen-bond donors (Lipinski definition) is 1. The van der Waals surface area contributed by atoms with E-state index < -0.39 is 0 Å². The molecule has 0 unspecified atom stereocenters. The van der Waals surface area contributed by atoms with Crippen molar-refractivity contribution in [2.45, 2.75) is 65.5 Å². The number of unbranched alkanes of at least 4 members (excludes halogenated alkanes) is 1. The fourth-order valence-electron chi connectivity index (χ4n) is 2.58.